The lowest BCUT2D eigenvalue weighted by atomic mass is 10.2. The van der Waals surface area contributed by atoms with Gasteiger partial charge in [-0.15, -0.1) is 0 Å². The molecule has 2 saturated heterocycles. The molecule has 0 aliphatic carbocycles. The number of H-pyrrole nitrogens is 1. The number of aromatic nitrogens is 2. The number of sulfonamides is 1. The van der Waals surface area contributed by atoms with Crippen LogP contribution in [-0.2, 0) is 14.8 Å². The van der Waals surface area contributed by atoms with E-state index in [2.05, 4.69) is 19.8 Å². The molecule has 2 N–H and O–H groups in total. The van der Waals surface area contributed by atoms with E-state index in [-0.39, 0.29) is 11.0 Å². The van der Waals surface area contributed by atoms with Crippen molar-refractivity contribution in [2.45, 2.75) is 36.8 Å². The summed E-state index contributed by atoms with van der Waals surface area (Å²) in [7, 11) is -3.51. The van der Waals surface area contributed by atoms with Crippen LogP contribution in [0.5, 0.6) is 0 Å². The average Bonchev–Trinajstić information content (AvgIpc) is 3.04. The van der Waals surface area contributed by atoms with Gasteiger partial charge < -0.3 is 4.74 Å². The van der Waals surface area contributed by atoms with Gasteiger partial charge in [0.15, 0.2) is 0 Å². The van der Waals surface area contributed by atoms with Gasteiger partial charge in [0, 0.05) is 19.1 Å². The monoisotopic (exact) mass is 300 g/mol. The van der Waals surface area contributed by atoms with E-state index in [9.17, 15) is 8.42 Å². The fourth-order valence-corrected chi connectivity index (χ4v) is 4.10. The molecule has 0 saturated carbocycles. The number of ether oxygens (including phenoxy) is 1. The van der Waals surface area contributed by atoms with Crippen LogP contribution in [-0.4, -0.2) is 61.9 Å². The average molecular weight is 300 g/mol. The van der Waals surface area contributed by atoms with Crippen molar-refractivity contribution >= 4 is 10.0 Å². The molecule has 2 atom stereocenters. The molecule has 2 fully saturated rings. The fourth-order valence-electron chi connectivity index (χ4n) is 2.90. The highest BCUT2D eigenvalue weighted by Crippen LogP contribution is 2.22. The molecule has 2 aliphatic heterocycles. The minimum atomic E-state index is -3.51. The molecule has 8 heteroatoms. The molecule has 0 aromatic carbocycles. The van der Waals surface area contributed by atoms with Crippen LogP contribution in [0.1, 0.15) is 18.5 Å². The second-order valence-corrected chi connectivity index (χ2v) is 7.19. The Morgan fingerprint density at radius 2 is 2.45 bits per heavy atom. The maximum absolute atomic E-state index is 12.1. The first kappa shape index (κ1) is 14.0. The zero-order valence-electron chi connectivity index (χ0n) is 11.5. The molecule has 3 rings (SSSR count). The molecule has 3 heterocycles. The molecule has 2 aliphatic rings. The summed E-state index contributed by atoms with van der Waals surface area (Å²) in [5, 5.41) is 6.38. The zero-order valence-corrected chi connectivity index (χ0v) is 12.3. The summed E-state index contributed by atoms with van der Waals surface area (Å²) in [4.78, 5) is 2.60. The lowest BCUT2D eigenvalue weighted by molar-refractivity contribution is -0.0449. The number of hydrogen-bond acceptors (Lipinski definition) is 5. The Morgan fingerprint density at radius 3 is 3.20 bits per heavy atom. The molecule has 20 heavy (non-hydrogen) atoms. The van der Waals surface area contributed by atoms with Gasteiger partial charge in [0.2, 0.25) is 10.0 Å². The van der Waals surface area contributed by atoms with Crippen molar-refractivity contribution in [1.29, 1.82) is 0 Å². The summed E-state index contributed by atoms with van der Waals surface area (Å²) in [5.41, 5.74) is 0.543. The maximum Gasteiger partial charge on any atom is 0.244 e. The number of aromatic amines is 1. The molecule has 0 radical (unpaired) electrons. The Hall–Kier alpha value is -0.960. The standard InChI is InChI=1S/C12H20N4O3S/c1-9-12(6-13-15-9)20(17,18)14-5-11-7-16-4-2-3-10(16)8-19-11/h6,10-11,14H,2-5,7-8H2,1H3,(H,13,15). The highest BCUT2D eigenvalue weighted by atomic mass is 32.2. The minimum Gasteiger partial charge on any atom is -0.374 e. The van der Waals surface area contributed by atoms with E-state index >= 15 is 0 Å². The second kappa shape index (κ2) is 5.44. The molecule has 112 valence electrons. The summed E-state index contributed by atoms with van der Waals surface area (Å²) in [6.45, 7) is 4.59. The normalized spacial score (nSPS) is 27.6. The van der Waals surface area contributed by atoms with Crippen LogP contribution in [0.25, 0.3) is 0 Å². The SMILES string of the molecule is Cc1[nH]ncc1S(=O)(=O)NCC1CN2CCCC2CO1. The van der Waals surface area contributed by atoms with E-state index < -0.39 is 10.0 Å². The third kappa shape index (κ3) is 2.73. The van der Waals surface area contributed by atoms with Crippen LogP contribution in [0.15, 0.2) is 11.1 Å². The first-order valence-corrected chi connectivity index (χ1v) is 8.40. The van der Waals surface area contributed by atoms with E-state index in [1.54, 1.807) is 6.92 Å². The zero-order chi connectivity index (χ0) is 14.2. The minimum absolute atomic E-state index is 0.0775. The lowest BCUT2D eigenvalue weighted by Gasteiger charge is -2.35. The van der Waals surface area contributed by atoms with Crippen LogP contribution in [0.3, 0.4) is 0 Å². The van der Waals surface area contributed by atoms with Gasteiger partial charge >= 0.3 is 0 Å². The smallest absolute Gasteiger partial charge is 0.244 e. The summed E-state index contributed by atoms with van der Waals surface area (Å²) in [6.07, 6.45) is 3.65. The summed E-state index contributed by atoms with van der Waals surface area (Å²) >= 11 is 0. The Kier molecular flexibility index (Phi) is 3.80. The molecule has 0 amide bonds. The summed E-state index contributed by atoms with van der Waals surface area (Å²) < 4.78 is 32.6. The van der Waals surface area contributed by atoms with Gasteiger partial charge in [-0.2, -0.15) is 5.10 Å². The molecule has 7 nitrogen and oxygen atoms in total. The number of hydrogen-bond donors (Lipinski definition) is 2. The Bertz CT molecular complexity index is 571. The third-order valence-corrected chi connectivity index (χ3v) is 5.57. The molecular formula is C12H20N4O3S. The van der Waals surface area contributed by atoms with Crippen molar-refractivity contribution in [3.8, 4) is 0 Å². The fraction of sp³-hybridized carbons (Fsp3) is 0.750. The van der Waals surface area contributed by atoms with E-state index in [0.29, 0.717) is 24.9 Å². The number of nitrogens with one attached hydrogen (secondary N) is 2. The van der Waals surface area contributed by atoms with Gasteiger partial charge in [0.25, 0.3) is 0 Å². The maximum atomic E-state index is 12.1. The van der Waals surface area contributed by atoms with Crippen molar-refractivity contribution in [3.63, 3.8) is 0 Å². The summed E-state index contributed by atoms with van der Waals surface area (Å²) in [5.74, 6) is 0. The number of nitrogens with zero attached hydrogens (tertiary/aromatic N) is 2. The predicted molar refractivity (Wildman–Crippen MR) is 72.8 cm³/mol. The van der Waals surface area contributed by atoms with Crippen molar-refractivity contribution in [2.24, 2.45) is 0 Å². The van der Waals surface area contributed by atoms with Crippen molar-refractivity contribution < 1.29 is 13.2 Å². The van der Waals surface area contributed by atoms with Gasteiger partial charge in [-0.3, -0.25) is 10.00 Å². The molecule has 1 aromatic heterocycles. The van der Waals surface area contributed by atoms with E-state index in [4.69, 9.17) is 4.74 Å². The number of aryl methyl sites for hydroxylation is 1. The van der Waals surface area contributed by atoms with Gasteiger partial charge in [0.1, 0.15) is 4.90 Å². The molecule has 2 unspecified atom stereocenters. The van der Waals surface area contributed by atoms with Crippen LogP contribution in [0.2, 0.25) is 0 Å². The third-order valence-electron chi connectivity index (χ3n) is 4.04. The topological polar surface area (TPSA) is 87.3 Å². The van der Waals surface area contributed by atoms with E-state index in [1.807, 2.05) is 0 Å². The van der Waals surface area contributed by atoms with Crippen molar-refractivity contribution in [2.75, 3.05) is 26.2 Å². The highest BCUT2D eigenvalue weighted by molar-refractivity contribution is 7.89. The molecule has 0 spiro atoms. The molecular weight excluding hydrogens is 280 g/mol. The largest absolute Gasteiger partial charge is 0.374 e. The molecule has 1 aromatic rings. The Morgan fingerprint density at radius 1 is 1.60 bits per heavy atom. The lowest BCUT2D eigenvalue weighted by Crippen LogP contribution is -2.50. The van der Waals surface area contributed by atoms with Crippen LogP contribution in [0, 0.1) is 6.92 Å². The van der Waals surface area contributed by atoms with Gasteiger partial charge in [-0.1, -0.05) is 0 Å². The quantitative estimate of drug-likeness (QED) is 0.808. The number of morpholine rings is 1. The first-order chi connectivity index (χ1) is 9.56. The Balaban J connectivity index is 1.58. The van der Waals surface area contributed by atoms with Crippen molar-refractivity contribution in [3.05, 3.63) is 11.9 Å². The van der Waals surface area contributed by atoms with Gasteiger partial charge in [-0.25, -0.2) is 13.1 Å². The predicted octanol–water partition coefficient (Wildman–Crippen LogP) is -0.140. The van der Waals surface area contributed by atoms with E-state index in [0.717, 1.165) is 13.1 Å². The number of fused-ring (bicyclic) bond motifs is 1. The van der Waals surface area contributed by atoms with Crippen LogP contribution < -0.4 is 4.72 Å². The second-order valence-electron chi connectivity index (χ2n) is 5.46. The first-order valence-electron chi connectivity index (χ1n) is 6.91. The van der Waals surface area contributed by atoms with E-state index in [1.165, 1.54) is 19.0 Å². The van der Waals surface area contributed by atoms with Gasteiger partial charge in [0.05, 0.1) is 24.6 Å². The highest BCUT2D eigenvalue weighted by Gasteiger charge is 2.32. The van der Waals surface area contributed by atoms with Crippen molar-refractivity contribution in [1.82, 2.24) is 19.8 Å². The van der Waals surface area contributed by atoms with Crippen LogP contribution >= 0.6 is 0 Å². The van der Waals surface area contributed by atoms with Gasteiger partial charge in [-0.05, 0) is 26.3 Å². The Labute approximate surface area is 118 Å². The number of rotatable bonds is 4. The summed E-state index contributed by atoms with van der Waals surface area (Å²) in [6, 6.07) is 0.527. The molecule has 0 bridgehead atoms. The van der Waals surface area contributed by atoms with Crippen LogP contribution in [0.4, 0.5) is 0 Å².